The lowest BCUT2D eigenvalue weighted by molar-refractivity contribution is -0.116. The van der Waals surface area contributed by atoms with Crippen molar-refractivity contribution < 1.29 is 9.21 Å². The number of nitrogens with zero attached hydrogens (tertiary/aromatic N) is 3. The topological polar surface area (TPSA) is 60.5 Å². The van der Waals surface area contributed by atoms with Gasteiger partial charge >= 0.3 is 0 Å². The molecule has 1 aliphatic rings. The molecule has 23 heavy (non-hydrogen) atoms. The largest absolute Gasteiger partial charge is 0.468 e. The Labute approximate surface area is 135 Å². The minimum absolute atomic E-state index is 0.177. The lowest BCUT2D eigenvalue weighted by Crippen LogP contribution is -2.37. The maximum absolute atomic E-state index is 12.7. The van der Waals surface area contributed by atoms with E-state index in [0.29, 0.717) is 11.5 Å². The molecule has 116 valence electrons. The Morgan fingerprint density at radius 3 is 2.52 bits per heavy atom. The molecule has 1 aromatic heterocycles. The van der Waals surface area contributed by atoms with Crippen LogP contribution in [-0.2, 0) is 4.79 Å². The van der Waals surface area contributed by atoms with Crippen molar-refractivity contribution in [1.82, 2.24) is 10.0 Å². The summed E-state index contributed by atoms with van der Waals surface area (Å²) in [6.45, 7) is 0. The van der Waals surface area contributed by atoms with Crippen LogP contribution in [0.5, 0.6) is 0 Å². The first-order valence-electron chi connectivity index (χ1n) is 7.36. The number of Topliss-reactive ketones (excluding diaryl/α,β-unsaturated/α-hetero) is 1. The molecule has 5 nitrogen and oxygen atoms in total. The SMILES string of the molecule is CN1C(c2ccccc2)=C(C#N)C(=O)C[C@H](c2ccco2)N1C. The van der Waals surface area contributed by atoms with Crippen LogP contribution in [0.15, 0.2) is 58.7 Å². The van der Waals surface area contributed by atoms with Crippen LogP contribution in [0.1, 0.15) is 23.8 Å². The van der Waals surface area contributed by atoms with Gasteiger partial charge in [0.1, 0.15) is 17.4 Å². The molecule has 0 aliphatic carbocycles. The molecule has 1 atom stereocenters. The number of nitriles is 1. The third-order valence-corrected chi connectivity index (χ3v) is 4.17. The summed E-state index contributed by atoms with van der Waals surface area (Å²) in [5, 5.41) is 13.3. The Bertz CT molecular complexity index is 772. The van der Waals surface area contributed by atoms with Crippen LogP contribution in [0, 0.1) is 11.3 Å². The number of hydrazine groups is 1. The molecule has 0 fully saturated rings. The monoisotopic (exact) mass is 307 g/mol. The van der Waals surface area contributed by atoms with Gasteiger partial charge in [0.15, 0.2) is 5.78 Å². The molecule has 0 unspecified atom stereocenters. The Kier molecular flexibility index (Phi) is 4.00. The molecule has 0 N–H and O–H groups in total. The van der Waals surface area contributed by atoms with Crippen LogP contribution in [0.4, 0.5) is 0 Å². The number of ketones is 1. The summed E-state index contributed by atoms with van der Waals surface area (Å²) < 4.78 is 5.48. The number of hydrogen-bond donors (Lipinski definition) is 0. The Hall–Kier alpha value is -2.84. The highest BCUT2D eigenvalue weighted by Crippen LogP contribution is 2.35. The first-order valence-corrected chi connectivity index (χ1v) is 7.36. The Morgan fingerprint density at radius 1 is 1.17 bits per heavy atom. The number of benzene rings is 1. The molecule has 0 saturated heterocycles. The van der Waals surface area contributed by atoms with Crippen molar-refractivity contribution in [3.05, 3.63) is 65.6 Å². The second-order valence-corrected chi connectivity index (χ2v) is 5.46. The summed E-state index contributed by atoms with van der Waals surface area (Å²) in [6.07, 6.45) is 1.79. The van der Waals surface area contributed by atoms with Gasteiger partial charge in [-0.1, -0.05) is 30.3 Å². The molecule has 0 radical (unpaired) electrons. The van der Waals surface area contributed by atoms with E-state index in [1.165, 1.54) is 0 Å². The zero-order valence-electron chi connectivity index (χ0n) is 13.1. The normalized spacial score (nSPS) is 19.6. The molecule has 3 rings (SSSR count). The van der Waals surface area contributed by atoms with E-state index in [-0.39, 0.29) is 23.8 Å². The summed E-state index contributed by atoms with van der Waals surface area (Å²) in [6, 6.07) is 15.0. The lowest BCUT2D eigenvalue weighted by Gasteiger charge is -2.35. The van der Waals surface area contributed by atoms with Crippen molar-refractivity contribution in [3.8, 4) is 6.07 Å². The highest BCUT2D eigenvalue weighted by atomic mass is 16.3. The van der Waals surface area contributed by atoms with Crippen molar-refractivity contribution in [1.29, 1.82) is 5.26 Å². The van der Waals surface area contributed by atoms with Crippen LogP contribution in [0.3, 0.4) is 0 Å². The van der Waals surface area contributed by atoms with Gasteiger partial charge in [0, 0.05) is 26.1 Å². The number of furan rings is 1. The highest BCUT2D eigenvalue weighted by Gasteiger charge is 2.34. The van der Waals surface area contributed by atoms with Crippen molar-refractivity contribution in [2.75, 3.05) is 14.1 Å². The predicted molar refractivity (Wildman–Crippen MR) is 85.6 cm³/mol. The quantitative estimate of drug-likeness (QED) is 0.853. The number of carbonyl (C=O) groups is 1. The number of allylic oxidation sites excluding steroid dienone is 1. The maximum atomic E-state index is 12.7. The van der Waals surface area contributed by atoms with Crippen LogP contribution in [0.2, 0.25) is 0 Å². The standard InChI is InChI=1S/C18H17N3O2/c1-20-15(17-9-6-10-23-17)11-16(22)14(12-19)18(21(20)2)13-7-4-3-5-8-13/h3-10,15H,11H2,1-2H3/t15-/m1/s1. The second kappa shape index (κ2) is 6.11. The zero-order valence-corrected chi connectivity index (χ0v) is 13.1. The minimum atomic E-state index is -0.243. The third-order valence-electron chi connectivity index (χ3n) is 4.17. The van der Waals surface area contributed by atoms with Gasteiger partial charge < -0.3 is 9.43 Å². The average molecular weight is 307 g/mol. The number of hydrogen-bond acceptors (Lipinski definition) is 5. The summed E-state index contributed by atoms with van der Waals surface area (Å²) in [7, 11) is 3.75. The average Bonchev–Trinajstić information content (AvgIpc) is 3.08. The molecule has 0 amide bonds. The summed E-state index contributed by atoms with van der Waals surface area (Å²) in [5.74, 6) is 0.531. The number of rotatable bonds is 2. The van der Waals surface area contributed by atoms with Gasteiger partial charge in [0.2, 0.25) is 0 Å². The van der Waals surface area contributed by atoms with Gasteiger partial charge in [0.25, 0.3) is 0 Å². The molecule has 5 heteroatoms. The Balaban J connectivity index is 2.11. The first-order chi connectivity index (χ1) is 11.1. The van der Waals surface area contributed by atoms with Crippen LogP contribution < -0.4 is 0 Å². The molecule has 2 aromatic rings. The predicted octanol–water partition coefficient (Wildman–Crippen LogP) is 3.01. The molecule has 1 aromatic carbocycles. The number of carbonyl (C=O) groups excluding carboxylic acids is 1. The van der Waals surface area contributed by atoms with Crippen molar-refractivity contribution in [3.63, 3.8) is 0 Å². The van der Waals surface area contributed by atoms with Gasteiger partial charge in [-0.25, -0.2) is 5.01 Å². The molecular weight excluding hydrogens is 290 g/mol. The minimum Gasteiger partial charge on any atom is -0.468 e. The van der Waals surface area contributed by atoms with E-state index in [0.717, 1.165) is 5.56 Å². The zero-order chi connectivity index (χ0) is 16.4. The molecular formula is C18H17N3O2. The van der Waals surface area contributed by atoms with Crippen molar-refractivity contribution in [2.24, 2.45) is 0 Å². The molecule has 0 saturated carbocycles. The van der Waals surface area contributed by atoms with E-state index in [9.17, 15) is 10.1 Å². The Morgan fingerprint density at radius 2 is 1.91 bits per heavy atom. The van der Waals surface area contributed by atoms with Crippen LogP contribution >= 0.6 is 0 Å². The van der Waals surface area contributed by atoms with Gasteiger partial charge in [-0.15, -0.1) is 0 Å². The van der Waals surface area contributed by atoms with Crippen molar-refractivity contribution in [2.45, 2.75) is 12.5 Å². The van der Waals surface area contributed by atoms with E-state index in [4.69, 9.17) is 4.42 Å². The summed E-state index contributed by atoms with van der Waals surface area (Å²) in [5.41, 5.74) is 1.64. The van der Waals surface area contributed by atoms with Crippen molar-refractivity contribution >= 4 is 11.5 Å². The van der Waals surface area contributed by atoms with E-state index < -0.39 is 0 Å². The maximum Gasteiger partial charge on any atom is 0.177 e. The van der Waals surface area contributed by atoms with Gasteiger partial charge in [-0.05, 0) is 12.1 Å². The van der Waals surface area contributed by atoms with E-state index in [2.05, 4.69) is 6.07 Å². The van der Waals surface area contributed by atoms with Gasteiger partial charge in [-0.3, -0.25) is 4.79 Å². The van der Waals surface area contributed by atoms with E-state index >= 15 is 0 Å². The van der Waals surface area contributed by atoms with Gasteiger partial charge in [0.05, 0.1) is 18.0 Å². The second-order valence-electron chi connectivity index (χ2n) is 5.46. The van der Waals surface area contributed by atoms with Gasteiger partial charge in [-0.2, -0.15) is 5.26 Å². The highest BCUT2D eigenvalue weighted by molar-refractivity contribution is 6.06. The third kappa shape index (κ3) is 2.65. The smallest absolute Gasteiger partial charge is 0.177 e. The molecule has 1 aliphatic heterocycles. The van der Waals surface area contributed by atoms with E-state index in [1.807, 2.05) is 60.5 Å². The summed E-state index contributed by atoms with van der Waals surface area (Å²) in [4.78, 5) is 12.7. The van der Waals surface area contributed by atoms with Crippen LogP contribution in [-0.4, -0.2) is 29.9 Å². The fourth-order valence-corrected chi connectivity index (χ4v) is 2.88. The molecule has 0 spiro atoms. The fraction of sp³-hybridized carbons (Fsp3) is 0.222. The molecule has 2 heterocycles. The first kappa shape index (κ1) is 15.1. The van der Waals surface area contributed by atoms with E-state index in [1.54, 1.807) is 12.3 Å². The summed E-state index contributed by atoms with van der Waals surface area (Å²) >= 11 is 0. The fourth-order valence-electron chi connectivity index (χ4n) is 2.88. The lowest BCUT2D eigenvalue weighted by atomic mass is 10.00. The molecule has 0 bridgehead atoms. The van der Waals surface area contributed by atoms with Crippen LogP contribution in [0.25, 0.3) is 5.70 Å².